The molecule has 3 aromatic carbocycles. The summed E-state index contributed by atoms with van der Waals surface area (Å²) in [4.78, 5) is 0. The Labute approximate surface area is 192 Å². The van der Waals surface area contributed by atoms with E-state index in [0.29, 0.717) is 53.2 Å². The van der Waals surface area contributed by atoms with Gasteiger partial charge in [0.2, 0.25) is 0 Å². The lowest BCUT2D eigenvalue weighted by molar-refractivity contribution is 0.284. The van der Waals surface area contributed by atoms with Crippen molar-refractivity contribution in [2.75, 3.05) is 13.7 Å². The van der Waals surface area contributed by atoms with Crippen LogP contribution in [0.25, 0.3) is 0 Å². The summed E-state index contributed by atoms with van der Waals surface area (Å²) in [5, 5.41) is 4.46. The predicted octanol–water partition coefficient (Wildman–Crippen LogP) is 6.47. The van der Waals surface area contributed by atoms with Crippen LogP contribution in [0.3, 0.4) is 0 Å². The van der Waals surface area contributed by atoms with Crippen LogP contribution in [0.5, 0.6) is 11.5 Å². The van der Waals surface area contributed by atoms with Gasteiger partial charge in [0, 0.05) is 11.6 Å². The number of benzene rings is 3. The molecule has 0 atom stereocenters. The lowest BCUT2D eigenvalue weighted by atomic mass is 10.1. The lowest BCUT2D eigenvalue weighted by Gasteiger charge is -2.15. The van der Waals surface area contributed by atoms with Crippen LogP contribution in [0.4, 0.5) is 4.39 Å². The molecule has 0 aliphatic rings. The molecule has 160 valence electrons. The molecule has 3 aromatic rings. The molecular formula is C23H23Cl3FNO2. The van der Waals surface area contributed by atoms with Crippen molar-refractivity contribution in [1.82, 2.24) is 5.32 Å². The van der Waals surface area contributed by atoms with Crippen molar-refractivity contribution in [3.05, 3.63) is 93.2 Å². The maximum Gasteiger partial charge on any atom is 0.180 e. The van der Waals surface area contributed by atoms with Gasteiger partial charge in [0.05, 0.1) is 12.1 Å². The van der Waals surface area contributed by atoms with Crippen LogP contribution in [0.15, 0.2) is 60.7 Å². The smallest absolute Gasteiger partial charge is 0.180 e. The number of halogens is 4. The van der Waals surface area contributed by atoms with Crippen molar-refractivity contribution in [2.24, 2.45) is 0 Å². The van der Waals surface area contributed by atoms with Gasteiger partial charge in [-0.15, -0.1) is 12.4 Å². The fourth-order valence-corrected chi connectivity index (χ4v) is 3.32. The van der Waals surface area contributed by atoms with Gasteiger partial charge in [-0.1, -0.05) is 53.5 Å². The molecule has 0 unspecified atom stereocenters. The lowest BCUT2D eigenvalue weighted by Crippen LogP contribution is -2.17. The molecule has 7 heteroatoms. The Bertz CT molecular complexity index is 952. The number of methoxy groups -OCH3 is 1. The van der Waals surface area contributed by atoms with Crippen LogP contribution < -0.4 is 14.8 Å². The minimum Gasteiger partial charge on any atom is -0.493 e. The summed E-state index contributed by atoms with van der Waals surface area (Å²) in [5.41, 5.74) is 2.63. The van der Waals surface area contributed by atoms with E-state index in [-0.39, 0.29) is 18.2 Å². The molecule has 0 aliphatic heterocycles. The molecular weight excluding hydrogens is 448 g/mol. The topological polar surface area (TPSA) is 30.5 Å². The highest BCUT2D eigenvalue weighted by molar-refractivity contribution is 6.32. The molecule has 3 nitrogen and oxygen atoms in total. The zero-order valence-electron chi connectivity index (χ0n) is 16.5. The van der Waals surface area contributed by atoms with Crippen molar-refractivity contribution in [3.8, 4) is 11.5 Å². The molecule has 0 amide bonds. The summed E-state index contributed by atoms with van der Waals surface area (Å²) in [6.07, 6.45) is 0.611. The van der Waals surface area contributed by atoms with E-state index in [1.807, 2.05) is 42.5 Å². The maximum absolute atomic E-state index is 13.7. The summed E-state index contributed by atoms with van der Waals surface area (Å²) >= 11 is 12.3. The standard InChI is InChI=1S/C23H22Cl2FNO2.ClH/c1-28-22-13-17(14-27-11-10-18-4-2-3-5-21(18)26)12-20(25)23(22)29-15-16-6-8-19(24)9-7-16;/h2-9,12-13,27H,10-11,14-15H2,1H3;1H. The Morgan fingerprint density at radius 2 is 1.70 bits per heavy atom. The minimum absolute atomic E-state index is 0. The monoisotopic (exact) mass is 469 g/mol. The van der Waals surface area contributed by atoms with Crippen molar-refractivity contribution in [3.63, 3.8) is 0 Å². The molecule has 0 radical (unpaired) electrons. The van der Waals surface area contributed by atoms with Gasteiger partial charge >= 0.3 is 0 Å². The summed E-state index contributed by atoms with van der Waals surface area (Å²) in [5.74, 6) is 0.887. The second-order valence-electron chi connectivity index (χ2n) is 6.54. The molecule has 0 fully saturated rings. The van der Waals surface area contributed by atoms with Gasteiger partial charge in [-0.25, -0.2) is 4.39 Å². The highest BCUT2D eigenvalue weighted by Gasteiger charge is 2.12. The van der Waals surface area contributed by atoms with E-state index >= 15 is 0 Å². The second-order valence-corrected chi connectivity index (χ2v) is 7.39. The Hall–Kier alpha value is -1.98. The Morgan fingerprint density at radius 3 is 2.40 bits per heavy atom. The van der Waals surface area contributed by atoms with Crippen LogP contribution in [-0.4, -0.2) is 13.7 Å². The van der Waals surface area contributed by atoms with Crippen LogP contribution in [0.1, 0.15) is 16.7 Å². The molecule has 0 aliphatic carbocycles. The van der Waals surface area contributed by atoms with Gasteiger partial charge in [-0.05, 0) is 60.0 Å². The van der Waals surface area contributed by atoms with E-state index in [1.54, 1.807) is 19.2 Å². The molecule has 0 saturated carbocycles. The van der Waals surface area contributed by atoms with Gasteiger partial charge in [0.1, 0.15) is 12.4 Å². The zero-order chi connectivity index (χ0) is 20.6. The Kier molecular flexibility index (Phi) is 9.73. The van der Waals surface area contributed by atoms with E-state index in [1.165, 1.54) is 6.07 Å². The van der Waals surface area contributed by atoms with E-state index < -0.39 is 0 Å². The average molecular weight is 471 g/mol. The molecule has 0 saturated heterocycles. The van der Waals surface area contributed by atoms with Crippen molar-refractivity contribution in [2.45, 2.75) is 19.6 Å². The van der Waals surface area contributed by atoms with Crippen molar-refractivity contribution >= 4 is 35.6 Å². The van der Waals surface area contributed by atoms with Gasteiger partial charge in [0.25, 0.3) is 0 Å². The summed E-state index contributed by atoms with van der Waals surface area (Å²) in [6.45, 7) is 1.59. The van der Waals surface area contributed by atoms with Crippen molar-refractivity contribution in [1.29, 1.82) is 0 Å². The summed E-state index contributed by atoms with van der Waals surface area (Å²) in [6, 6.07) is 18.0. The molecule has 30 heavy (non-hydrogen) atoms. The molecule has 0 aromatic heterocycles. The summed E-state index contributed by atoms with van der Waals surface area (Å²) < 4.78 is 25.0. The highest BCUT2D eigenvalue weighted by atomic mass is 35.5. The van der Waals surface area contributed by atoms with Crippen LogP contribution in [0, 0.1) is 5.82 Å². The largest absolute Gasteiger partial charge is 0.493 e. The Morgan fingerprint density at radius 1 is 0.967 bits per heavy atom. The second kappa shape index (κ2) is 12.0. The maximum atomic E-state index is 13.7. The fraction of sp³-hybridized carbons (Fsp3) is 0.217. The minimum atomic E-state index is -0.179. The summed E-state index contributed by atoms with van der Waals surface area (Å²) in [7, 11) is 1.58. The first-order chi connectivity index (χ1) is 14.1. The van der Waals surface area contributed by atoms with Gasteiger partial charge in [0.15, 0.2) is 11.5 Å². The van der Waals surface area contributed by atoms with Gasteiger partial charge in [-0.3, -0.25) is 0 Å². The van der Waals surface area contributed by atoms with Crippen molar-refractivity contribution < 1.29 is 13.9 Å². The number of nitrogens with one attached hydrogen (secondary N) is 1. The predicted molar refractivity (Wildman–Crippen MR) is 123 cm³/mol. The van der Waals surface area contributed by atoms with Gasteiger partial charge < -0.3 is 14.8 Å². The van der Waals surface area contributed by atoms with Crippen LogP contribution >= 0.6 is 35.6 Å². The third kappa shape index (κ3) is 6.78. The van der Waals surface area contributed by atoms with E-state index in [0.717, 1.165) is 11.1 Å². The first-order valence-electron chi connectivity index (χ1n) is 9.24. The average Bonchev–Trinajstić information content (AvgIpc) is 2.72. The Balaban J connectivity index is 0.00000320. The molecule has 0 spiro atoms. The molecule has 0 bridgehead atoms. The number of hydrogen-bond donors (Lipinski definition) is 1. The first kappa shape index (κ1) is 24.3. The van der Waals surface area contributed by atoms with Crippen LogP contribution in [-0.2, 0) is 19.6 Å². The zero-order valence-corrected chi connectivity index (χ0v) is 18.8. The number of hydrogen-bond acceptors (Lipinski definition) is 3. The third-order valence-corrected chi connectivity index (χ3v) is 4.98. The van der Waals surface area contributed by atoms with E-state index in [4.69, 9.17) is 32.7 Å². The number of ether oxygens (including phenoxy) is 2. The normalized spacial score (nSPS) is 10.4. The van der Waals surface area contributed by atoms with Gasteiger partial charge in [-0.2, -0.15) is 0 Å². The SMILES string of the molecule is COc1cc(CNCCc2ccccc2F)cc(Cl)c1OCc1ccc(Cl)cc1.Cl. The molecule has 0 heterocycles. The van der Waals surface area contributed by atoms with E-state index in [9.17, 15) is 4.39 Å². The van der Waals surface area contributed by atoms with Crippen LogP contribution in [0.2, 0.25) is 10.0 Å². The third-order valence-electron chi connectivity index (χ3n) is 4.44. The fourth-order valence-electron chi connectivity index (χ4n) is 2.91. The number of rotatable bonds is 9. The highest BCUT2D eigenvalue weighted by Crippen LogP contribution is 2.37. The quantitative estimate of drug-likeness (QED) is 0.363. The van der Waals surface area contributed by atoms with E-state index in [2.05, 4.69) is 5.32 Å². The molecule has 1 N–H and O–H groups in total. The molecule has 3 rings (SSSR count). The first-order valence-corrected chi connectivity index (χ1v) is 10.00.